The maximum Gasteiger partial charge on any atom is 0.0266 e. The van der Waals surface area contributed by atoms with Gasteiger partial charge in [-0.3, -0.25) is 0 Å². The predicted molar refractivity (Wildman–Crippen MR) is 118 cm³/mol. The van der Waals surface area contributed by atoms with Gasteiger partial charge in [-0.05, 0) is 19.0 Å². The van der Waals surface area contributed by atoms with Crippen LogP contribution in [-0.2, 0) is 0 Å². The molecule has 156 valence electrons. The molecule has 0 spiro atoms. The summed E-state index contributed by atoms with van der Waals surface area (Å²) in [6, 6.07) is 0. The first-order valence-corrected chi connectivity index (χ1v) is 11.4. The van der Waals surface area contributed by atoms with E-state index >= 15 is 0 Å². The number of rotatable bonds is 22. The normalized spacial score (nSPS) is 11.5. The van der Waals surface area contributed by atoms with Crippen LogP contribution in [0.3, 0.4) is 0 Å². The van der Waals surface area contributed by atoms with Crippen molar-refractivity contribution in [2.24, 2.45) is 5.73 Å². The van der Waals surface area contributed by atoms with Crippen molar-refractivity contribution in [3.05, 3.63) is 12.3 Å². The molecule has 0 fully saturated rings. The summed E-state index contributed by atoms with van der Waals surface area (Å²) in [5.74, 6) is 0. The van der Waals surface area contributed by atoms with E-state index in [4.69, 9.17) is 5.73 Å². The fourth-order valence-electron chi connectivity index (χ4n) is 3.04. The van der Waals surface area contributed by atoms with Crippen LogP contribution in [0.15, 0.2) is 12.3 Å². The van der Waals surface area contributed by atoms with Crippen LogP contribution in [0.4, 0.5) is 0 Å². The lowest BCUT2D eigenvalue weighted by molar-refractivity contribution is 0.545. The molecule has 0 aromatic heterocycles. The highest BCUT2D eigenvalue weighted by Crippen LogP contribution is 2.12. The molecule has 0 aromatic rings. The third-order valence-electron chi connectivity index (χ3n) is 4.71. The summed E-state index contributed by atoms with van der Waals surface area (Å²) in [6.45, 7) is 7.90. The Hall–Kier alpha value is -0.580. The Kier molecular flexibility index (Phi) is 23.9. The minimum atomic E-state index is 0.714. The predicted octanol–water partition coefficient (Wildman–Crippen LogP) is 4.32. The first-order chi connectivity index (χ1) is 12.9. The molecule has 0 bridgehead atoms. The molecule has 0 radical (unpaired) electrons. The Morgan fingerprint density at radius 2 is 1.12 bits per heavy atom. The van der Waals surface area contributed by atoms with Gasteiger partial charge in [0.05, 0.1) is 0 Å². The van der Waals surface area contributed by atoms with Crippen LogP contribution in [0.25, 0.3) is 0 Å². The van der Waals surface area contributed by atoms with E-state index in [0.29, 0.717) is 6.54 Å². The van der Waals surface area contributed by atoms with Crippen molar-refractivity contribution in [1.29, 1.82) is 0 Å². The van der Waals surface area contributed by atoms with Gasteiger partial charge in [-0.2, -0.15) is 0 Å². The molecule has 0 unspecified atom stereocenters. The number of nitrogens with two attached hydrogens (primary N) is 1. The van der Waals surface area contributed by atoms with Crippen molar-refractivity contribution in [1.82, 2.24) is 16.0 Å². The van der Waals surface area contributed by atoms with Crippen LogP contribution in [-0.4, -0.2) is 39.3 Å². The topological polar surface area (TPSA) is 62.1 Å². The molecule has 26 heavy (non-hydrogen) atoms. The molecule has 0 aliphatic rings. The summed E-state index contributed by atoms with van der Waals surface area (Å²) < 4.78 is 0. The standard InChI is InChI=1S/C22H48N4/c1-2-3-4-5-6-7-8-9-10-11-12-13-14-15-17-24-19-21-26-22-20-25-18-16-23/h15,17,24-26H,2-14,16,18-23H2,1H3. The number of unbranched alkanes of at least 4 members (excludes halogenated alkanes) is 12. The van der Waals surface area contributed by atoms with Crippen LogP contribution in [0, 0.1) is 0 Å². The summed E-state index contributed by atoms with van der Waals surface area (Å²) in [5, 5.41) is 10.0. The van der Waals surface area contributed by atoms with E-state index in [-0.39, 0.29) is 0 Å². The fourth-order valence-corrected chi connectivity index (χ4v) is 3.04. The second-order valence-corrected chi connectivity index (χ2v) is 7.32. The Morgan fingerprint density at radius 1 is 0.615 bits per heavy atom. The van der Waals surface area contributed by atoms with E-state index in [2.05, 4.69) is 35.2 Å². The largest absolute Gasteiger partial charge is 0.390 e. The second kappa shape index (κ2) is 24.4. The van der Waals surface area contributed by atoms with E-state index < -0.39 is 0 Å². The lowest BCUT2D eigenvalue weighted by atomic mass is 10.0. The third kappa shape index (κ3) is 23.4. The van der Waals surface area contributed by atoms with E-state index in [1.54, 1.807) is 0 Å². The lowest BCUT2D eigenvalue weighted by Crippen LogP contribution is -2.33. The van der Waals surface area contributed by atoms with Crippen molar-refractivity contribution in [3.8, 4) is 0 Å². The maximum atomic E-state index is 5.42. The van der Waals surface area contributed by atoms with E-state index in [1.807, 2.05) is 0 Å². The van der Waals surface area contributed by atoms with Gasteiger partial charge in [-0.15, -0.1) is 0 Å². The molecular weight excluding hydrogens is 320 g/mol. The second-order valence-electron chi connectivity index (χ2n) is 7.32. The average Bonchev–Trinajstić information content (AvgIpc) is 2.66. The molecule has 0 heterocycles. The highest BCUT2D eigenvalue weighted by atomic mass is 15.0. The number of hydrogen-bond donors (Lipinski definition) is 4. The first-order valence-electron chi connectivity index (χ1n) is 11.4. The molecule has 4 nitrogen and oxygen atoms in total. The van der Waals surface area contributed by atoms with Gasteiger partial charge in [0.15, 0.2) is 0 Å². The molecule has 0 aliphatic carbocycles. The monoisotopic (exact) mass is 368 g/mol. The van der Waals surface area contributed by atoms with Gasteiger partial charge < -0.3 is 21.7 Å². The van der Waals surface area contributed by atoms with Crippen LogP contribution in [0.5, 0.6) is 0 Å². The highest BCUT2D eigenvalue weighted by molar-refractivity contribution is 4.79. The quantitative estimate of drug-likeness (QED) is 0.215. The molecule has 0 rings (SSSR count). The molecule has 0 amide bonds. The van der Waals surface area contributed by atoms with Crippen molar-refractivity contribution in [2.45, 2.75) is 90.4 Å². The van der Waals surface area contributed by atoms with Gasteiger partial charge in [0, 0.05) is 39.3 Å². The molecule has 0 aliphatic heterocycles. The molecular formula is C22H48N4. The molecule has 0 saturated heterocycles. The van der Waals surface area contributed by atoms with Crippen molar-refractivity contribution < 1.29 is 0 Å². The Morgan fingerprint density at radius 3 is 1.69 bits per heavy atom. The van der Waals surface area contributed by atoms with Gasteiger partial charge in [0.2, 0.25) is 0 Å². The highest BCUT2D eigenvalue weighted by Gasteiger charge is 1.93. The molecule has 0 saturated carbocycles. The number of allylic oxidation sites excluding steroid dienone is 1. The van der Waals surface area contributed by atoms with Crippen molar-refractivity contribution >= 4 is 0 Å². The summed E-state index contributed by atoms with van der Waals surface area (Å²) in [4.78, 5) is 0. The van der Waals surface area contributed by atoms with Gasteiger partial charge in [0.1, 0.15) is 0 Å². The van der Waals surface area contributed by atoms with E-state index in [0.717, 1.165) is 32.7 Å². The molecule has 0 aromatic carbocycles. The summed E-state index contributed by atoms with van der Waals surface area (Å²) in [6.07, 6.45) is 22.7. The van der Waals surface area contributed by atoms with Crippen LogP contribution < -0.4 is 21.7 Å². The SMILES string of the molecule is CCCCCCCCCCCCCCC=CNCCNCCNCCN. The number of nitrogens with one attached hydrogen (secondary N) is 3. The van der Waals surface area contributed by atoms with Crippen LogP contribution in [0.2, 0.25) is 0 Å². The lowest BCUT2D eigenvalue weighted by Gasteiger charge is -2.05. The molecule has 4 heteroatoms. The van der Waals surface area contributed by atoms with Crippen molar-refractivity contribution in [2.75, 3.05) is 39.3 Å². The van der Waals surface area contributed by atoms with Gasteiger partial charge in [0.25, 0.3) is 0 Å². The molecule has 0 atom stereocenters. The third-order valence-corrected chi connectivity index (χ3v) is 4.71. The fraction of sp³-hybridized carbons (Fsp3) is 0.909. The van der Waals surface area contributed by atoms with Crippen LogP contribution in [0.1, 0.15) is 90.4 Å². The van der Waals surface area contributed by atoms with Crippen molar-refractivity contribution in [3.63, 3.8) is 0 Å². The first kappa shape index (κ1) is 25.4. The summed E-state index contributed by atoms with van der Waals surface area (Å²) in [7, 11) is 0. The smallest absolute Gasteiger partial charge is 0.0266 e. The zero-order valence-corrected chi connectivity index (χ0v) is 17.7. The minimum absolute atomic E-state index is 0.714. The minimum Gasteiger partial charge on any atom is -0.390 e. The Balaban J connectivity index is 3.04. The zero-order valence-electron chi connectivity index (χ0n) is 17.7. The van der Waals surface area contributed by atoms with E-state index in [1.165, 1.54) is 83.5 Å². The zero-order chi connectivity index (χ0) is 19.0. The van der Waals surface area contributed by atoms with Gasteiger partial charge >= 0.3 is 0 Å². The van der Waals surface area contributed by atoms with Gasteiger partial charge in [-0.1, -0.05) is 83.6 Å². The van der Waals surface area contributed by atoms with E-state index in [9.17, 15) is 0 Å². The Bertz CT molecular complexity index is 269. The average molecular weight is 369 g/mol. The molecule has 5 N–H and O–H groups in total. The van der Waals surface area contributed by atoms with Crippen LogP contribution >= 0.6 is 0 Å². The Labute approximate surface area is 164 Å². The van der Waals surface area contributed by atoms with Gasteiger partial charge in [-0.25, -0.2) is 0 Å². The maximum absolute atomic E-state index is 5.42. The summed E-state index contributed by atoms with van der Waals surface area (Å²) >= 11 is 0. The number of hydrogen-bond acceptors (Lipinski definition) is 4. The summed E-state index contributed by atoms with van der Waals surface area (Å²) in [5.41, 5.74) is 5.42.